The molecular formula is C14H16BrF3N2O. The van der Waals surface area contributed by atoms with Crippen molar-refractivity contribution in [2.24, 2.45) is 5.92 Å². The second kappa shape index (κ2) is 6.25. The maximum atomic E-state index is 12.2. The number of hydrogen-bond donors (Lipinski definition) is 1. The Labute approximate surface area is 129 Å². The van der Waals surface area contributed by atoms with Gasteiger partial charge in [0.1, 0.15) is 0 Å². The van der Waals surface area contributed by atoms with Gasteiger partial charge in [-0.25, -0.2) is 0 Å². The molecule has 1 aromatic rings. The molecule has 0 unspecified atom stereocenters. The molecule has 0 spiro atoms. The summed E-state index contributed by atoms with van der Waals surface area (Å²) in [5.74, 6) is -1.26. The van der Waals surface area contributed by atoms with Crippen molar-refractivity contribution in [3.8, 4) is 0 Å². The van der Waals surface area contributed by atoms with Gasteiger partial charge in [0.25, 0.3) is 0 Å². The molecule has 3 nitrogen and oxygen atoms in total. The van der Waals surface area contributed by atoms with Crippen LogP contribution in [0.1, 0.15) is 19.8 Å². The molecule has 116 valence electrons. The van der Waals surface area contributed by atoms with Gasteiger partial charge in [-0.05, 0) is 52.9 Å². The minimum absolute atomic E-state index is 0.123. The molecule has 1 aliphatic heterocycles. The Balaban J connectivity index is 2.09. The molecule has 1 fully saturated rings. The average Bonchev–Trinajstić information content (AvgIpc) is 2.39. The third kappa shape index (κ3) is 4.12. The van der Waals surface area contributed by atoms with Crippen LogP contribution in [0.2, 0.25) is 0 Å². The largest absolute Gasteiger partial charge is 0.471 e. The molecule has 0 aliphatic carbocycles. The van der Waals surface area contributed by atoms with E-state index >= 15 is 0 Å². The molecule has 1 aromatic carbocycles. The van der Waals surface area contributed by atoms with Crippen LogP contribution in [-0.4, -0.2) is 25.2 Å². The molecule has 1 amide bonds. The molecule has 0 atom stereocenters. The van der Waals surface area contributed by atoms with Gasteiger partial charge < -0.3 is 10.2 Å². The Hall–Kier alpha value is -1.24. The van der Waals surface area contributed by atoms with Crippen LogP contribution in [0, 0.1) is 5.92 Å². The van der Waals surface area contributed by atoms with Gasteiger partial charge in [0.05, 0.1) is 5.69 Å². The van der Waals surface area contributed by atoms with E-state index in [0.29, 0.717) is 10.4 Å². The second-order valence-electron chi connectivity index (χ2n) is 5.29. The van der Waals surface area contributed by atoms with E-state index in [9.17, 15) is 18.0 Å². The first-order chi connectivity index (χ1) is 9.77. The number of nitrogens with zero attached hydrogens (tertiary/aromatic N) is 1. The number of carbonyl (C=O) groups excluding carboxylic acids is 1. The number of carbonyl (C=O) groups is 1. The lowest BCUT2D eigenvalue weighted by atomic mass is 9.99. The minimum Gasteiger partial charge on any atom is -0.371 e. The summed E-state index contributed by atoms with van der Waals surface area (Å²) >= 11 is 3.36. The van der Waals surface area contributed by atoms with Crippen molar-refractivity contribution in [1.29, 1.82) is 0 Å². The summed E-state index contributed by atoms with van der Waals surface area (Å²) in [6.07, 6.45) is -2.69. The number of anilines is 2. The van der Waals surface area contributed by atoms with E-state index in [1.165, 1.54) is 12.1 Å². The molecule has 7 heteroatoms. The predicted molar refractivity (Wildman–Crippen MR) is 79.4 cm³/mol. The molecule has 0 saturated carbocycles. The Kier molecular flexibility index (Phi) is 4.81. The number of benzene rings is 1. The molecule has 0 bridgehead atoms. The fraction of sp³-hybridized carbons (Fsp3) is 0.500. The smallest absolute Gasteiger partial charge is 0.371 e. The van der Waals surface area contributed by atoms with E-state index < -0.39 is 12.1 Å². The third-order valence-electron chi connectivity index (χ3n) is 3.59. The monoisotopic (exact) mass is 364 g/mol. The van der Waals surface area contributed by atoms with Gasteiger partial charge in [-0.3, -0.25) is 4.79 Å². The Morgan fingerprint density at radius 3 is 2.48 bits per heavy atom. The zero-order valence-electron chi connectivity index (χ0n) is 11.5. The van der Waals surface area contributed by atoms with Crippen molar-refractivity contribution in [2.75, 3.05) is 23.3 Å². The summed E-state index contributed by atoms with van der Waals surface area (Å²) in [5, 5.41) is 1.85. The maximum absolute atomic E-state index is 12.2. The van der Waals surface area contributed by atoms with E-state index in [2.05, 4.69) is 27.8 Å². The molecule has 1 N–H and O–H groups in total. The second-order valence-corrected chi connectivity index (χ2v) is 6.14. The Morgan fingerprint density at radius 1 is 1.33 bits per heavy atom. The lowest BCUT2D eigenvalue weighted by Gasteiger charge is -2.33. The highest BCUT2D eigenvalue weighted by Crippen LogP contribution is 2.32. The normalized spacial score (nSPS) is 16.9. The zero-order valence-corrected chi connectivity index (χ0v) is 13.1. The van der Waals surface area contributed by atoms with Gasteiger partial charge >= 0.3 is 12.1 Å². The van der Waals surface area contributed by atoms with E-state index in [-0.39, 0.29) is 5.69 Å². The highest BCUT2D eigenvalue weighted by atomic mass is 79.9. The van der Waals surface area contributed by atoms with Crippen molar-refractivity contribution in [3.63, 3.8) is 0 Å². The number of piperidine rings is 1. The van der Waals surface area contributed by atoms with Gasteiger partial charge in [-0.2, -0.15) is 13.2 Å². The Bertz CT molecular complexity index is 525. The van der Waals surface area contributed by atoms with Crippen LogP contribution in [0.3, 0.4) is 0 Å². The summed E-state index contributed by atoms with van der Waals surface area (Å²) in [7, 11) is 0. The third-order valence-corrected chi connectivity index (χ3v) is 4.22. The van der Waals surface area contributed by atoms with Gasteiger partial charge in [0.2, 0.25) is 0 Å². The SMILES string of the molecule is CC1CCN(c2ccc(NC(=O)C(F)(F)F)cc2Br)CC1. The molecule has 1 saturated heterocycles. The van der Waals surface area contributed by atoms with Crippen molar-refractivity contribution in [3.05, 3.63) is 22.7 Å². The number of halogens is 4. The predicted octanol–water partition coefficient (Wildman–Crippen LogP) is 4.19. The number of amides is 1. The van der Waals surface area contributed by atoms with Crippen LogP contribution in [0.4, 0.5) is 24.5 Å². The van der Waals surface area contributed by atoms with Gasteiger partial charge in [0.15, 0.2) is 0 Å². The molecule has 0 radical (unpaired) electrons. The van der Waals surface area contributed by atoms with Gasteiger partial charge in [0, 0.05) is 23.2 Å². The van der Waals surface area contributed by atoms with E-state index in [1.807, 2.05) is 5.32 Å². The molecular weight excluding hydrogens is 349 g/mol. The zero-order chi connectivity index (χ0) is 15.6. The van der Waals surface area contributed by atoms with E-state index in [1.54, 1.807) is 6.07 Å². The average molecular weight is 365 g/mol. The van der Waals surface area contributed by atoms with Crippen molar-refractivity contribution in [2.45, 2.75) is 25.9 Å². The number of alkyl halides is 3. The van der Waals surface area contributed by atoms with Crippen molar-refractivity contribution >= 4 is 33.2 Å². The maximum Gasteiger partial charge on any atom is 0.471 e. The van der Waals surface area contributed by atoms with Crippen LogP contribution in [0.5, 0.6) is 0 Å². The summed E-state index contributed by atoms with van der Waals surface area (Å²) < 4.78 is 37.3. The van der Waals surface area contributed by atoms with E-state index in [4.69, 9.17) is 0 Å². The fourth-order valence-electron chi connectivity index (χ4n) is 2.29. The molecule has 1 heterocycles. The quantitative estimate of drug-likeness (QED) is 0.853. The fourth-order valence-corrected chi connectivity index (χ4v) is 2.92. The summed E-state index contributed by atoms with van der Waals surface area (Å²) in [6.45, 7) is 4.06. The van der Waals surface area contributed by atoms with Gasteiger partial charge in [-0.1, -0.05) is 6.92 Å². The lowest BCUT2D eigenvalue weighted by molar-refractivity contribution is -0.167. The Morgan fingerprint density at radius 2 is 1.95 bits per heavy atom. The molecule has 21 heavy (non-hydrogen) atoms. The minimum atomic E-state index is -4.88. The summed E-state index contributed by atoms with van der Waals surface area (Å²) in [4.78, 5) is 13.1. The number of nitrogens with one attached hydrogen (secondary N) is 1. The van der Waals surface area contributed by atoms with Crippen LogP contribution in [-0.2, 0) is 4.79 Å². The summed E-state index contributed by atoms with van der Waals surface area (Å²) in [5.41, 5.74) is 1.06. The first-order valence-corrected chi connectivity index (χ1v) is 7.49. The summed E-state index contributed by atoms with van der Waals surface area (Å²) in [6, 6.07) is 4.71. The van der Waals surface area contributed by atoms with Crippen LogP contribution in [0.25, 0.3) is 0 Å². The standard InChI is InChI=1S/C14H16BrF3N2O/c1-9-4-6-20(7-5-9)12-3-2-10(8-11(12)15)19-13(21)14(16,17)18/h2-3,8-9H,4-7H2,1H3,(H,19,21). The lowest BCUT2D eigenvalue weighted by Crippen LogP contribution is -2.33. The molecule has 0 aromatic heterocycles. The topological polar surface area (TPSA) is 32.3 Å². The first kappa shape index (κ1) is 16.1. The highest BCUT2D eigenvalue weighted by molar-refractivity contribution is 9.10. The van der Waals surface area contributed by atoms with Crippen LogP contribution >= 0.6 is 15.9 Å². The van der Waals surface area contributed by atoms with Crippen LogP contribution in [0.15, 0.2) is 22.7 Å². The van der Waals surface area contributed by atoms with Crippen molar-refractivity contribution < 1.29 is 18.0 Å². The van der Waals surface area contributed by atoms with Gasteiger partial charge in [-0.15, -0.1) is 0 Å². The molecule has 1 aliphatic rings. The first-order valence-electron chi connectivity index (χ1n) is 6.70. The highest BCUT2D eigenvalue weighted by Gasteiger charge is 2.38. The van der Waals surface area contributed by atoms with E-state index in [0.717, 1.165) is 31.6 Å². The van der Waals surface area contributed by atoms with Crippen LogP contribution < -0.4 is 10.2 Å². The number of hydrogen-bond acceptors (Lipinski definition) is 2. The molecule has 2 rings (SSSR count). The van der Waals surface area contributed by atoms with Crippen molar-refractivity contribution in [1.82, 2.24) is 0 Å². The number of rotatable bonds is 2.